The molecule has 1 aromatic carbocycles. The summed E-state index contributed by atoms with van der Waals surface area (Å²) in [6.45, 7) is 5.23. The smallest absolute Gasteiger partial charge is 0.407 e. The predicted octanol–water partition coefficient (Wildman–Crippen LogP) is 1.62. The van der Waals surface area contributed by atoms with Gasteiger partial charge in [0.15, 0.2) is 0 Å². The zero-order valence-corrected chi connectivity index (χ0v) is 14.2. The molecule has 1 atom stereocenters. The minimum atomic E-state index is -0.679. The highest BCUT2D eigenvalue weighted by atomic mass is 16.5. The van der Waals surface area contributed by atoms with Gasteiger partial charge in [-0.2, -0.15) is 0 Å². The molecular weight excluding hydrogens is 312 g/mol. The molecule has 1 rings (SSSR count). The zero-order valence-electron chi connectivity index (χ0n) is 14.2. The highest BCUT2D eigenvalue weighted by molar-refractivity contribution is 5.82. The van der Waals surface area contributed by atoms with Gasteiger partial charge in [-0.05, 0) is 19.4 Å². The number of ether oxygens (including phenoxy) is 2. The van der Waals surface area contributed by atoms with Crippen molar-refractivity contribution < 1.29 is 23.9 Å². The molecule has 0 aliphatic carbocycles. The van der Waals surface area contributed by atoms with Gasteiger partial charge in [0.25, 0.3) is 0 Å². The second-order valence-electron chi connectivity index (χ2n) is 5.61. The van der Waals surface area contributed by atoms with E-state index in [1.165, 1.54) is 0 Å². The molecule has 0 heterocycles. The number of hydrogen-bond donors (Lipinski definition) is 2. The third-order valence-electron chi connectivity index (χ3n) is 2.97. The first-order valence-electron chi connectivity index (χ1n) is 7.80. The van der Waals surface area contributed by atoms with Crippen LogP contribution in [0.3, 0.4) is 0 Å². The maximum Gasteiger partial charge on any atom is 0.407 e. The molecule has 0 saturated heterocycles. The SMILES string of the molecule is CC(C)OC(=O)C(C)CNC(=O)CNC(=O)OCc1ccccc1. The summed E-state index contributed by atoms with van der Waals surface area (Å²) in [4.78, 5) is 34.7. The molecule has 2 N–H and O–H groups in total. The largest absolute Gasteiger partial charge is 0.463 e. The van der Waals surface area contributed by atoms with Crippen molar-refractivity contribution >= 4 is 18.0 Å². The highest BCUT2D eigenvalue weighted by Gasteiger charge is 2.16. The molecule has 1 aromatic rings. The summed E-state index contributed by atoms with van der Waals surface area (Å²) >= 11 is 0. The molecule has 24 heavy (non-hydrogen) atoms. The van der Waals surface area contributed by atoms with Crippen molar-refractivity contribution in [2.24, 2.45) is 5.92 Å². The van der Waals surface area contributed by atoms with E-state index in [-0.39, 0.29) is 31.8 Å². The number of amides is 2. The minimum Gasteiger partial charge on any atom is -0.463 e. The molecule has 0 spiro atoms. The molecule has 0 aliphatic rings. The number of esters is 1. The van der Waals surface area contributed by atoms with E-state index in [9.17, 15) is 14.4 Å². The van der Waals surface area contributed by atoms with Gasteiger partial charge in [-0.25, -0.2) is 4.79 Å². The lowest BCUT2D eigenvalue weighted by Gasteiger charge is -2.14. The maximum absolute atomic E-state index is 11.6. The Labute approximate surface area is 141 Å². The van der Waals surface area contributed by atoms with Crippen LogP contribution < -0.4 is 10.6 Å². The number of rotatable bonds is 8. The Balaban J connectivity index is 2.18. The number of carbonyl (C=O) groups excluding carboxylic acids is 3. The van der Waals surface area contributed by atoms with E-state index in [0.29, 0.717) is 0 Å². The Bertz CT molecular complexity index is 545. The normalized spacial score (nSPS) is 11.5. The summed E-state index contributed by atoms with van der Waals surface area (Å²) in [7, 11) is 0. The fourth-order valence-electron chi connectivity index (χ4n) is 1.69. The Kier molecular flexibility index (Phi) is 8.32. The third-order valence-corrected chi connectivity index (χ3v) is 2.97. The molecule has 0 fully saturated rings. The molecular formula is C17H24N2O5. The number of hydrogen-bond acceptors (Lipinski definition) is 5. The molecule has 0 bridgehead atoms. The average Bonchev–Trinajstić information content (AvgIpc) is 2.56. The van der Waals surface area contributed by atoms with Gasteiger partial charge >= 0.3 is 12.1 Å². The van der Waals surface area contributed by atoms with E-state index in [0.717, 1.165) is 5.56 Å². The van der Waals surface area contributed by atoms with E-state index in [4.69, 9.17) is 9.47 Å². The molecule has 7 heteroatoms. The van der Waals surface area contributed by atoms with Gasteiger partial charge in [0.1, 0.15) is 6.61 Å². The van der Waals surface area contributed by atoms with Crippen molar-refractivity contribution in [1.29, 1.82) is 0 Å². The molecule has 0 aromatic heterocycles. The lowest BCUT2D eigenvalue weighted by molar-refractivity contribution is -0.151. The van der Waals surface area contributed by atoms with E-state index in [2.05, 4.69) is 10.6 Å². The van der Waals surface area contributed by atoms with Gasteiger partial charge in [-0.3, -0.25) is 9.59 Å². The second kappa shape index (κ2) is 10.3. The van der Waals surface area contributed by atoms with Gasteiger partial charge < -0.3 is 20.1 Å². The standard InChI is InChI=1S/C17H24N2O5/c1-12(2)24-16(21)13(3)9-18-15(20)10-19-17(22)23-11-14-7-5-4-6-8-14/h4-8,12-13H,9-11H2,1-3H3,(H,18,20)(H,19,22). The van der Waals surface area contributed by atoms with Gasteiger partial charge in [0.05, 0.1) is 18.6 Å². The topological polar surface area (TPSA) is 93.7 Å². The van der Waals surface area contributed by atoms with Gasteiger partial charge in [-0.1, -0.05) is 37.3 Å². The van der Waals surface area contributed by atoms with Gasteiger partial charge in [0, 0.05) is 6.54 Å². The van der Waals surface area contributed by atoms with Crippen LogP contribution in [0.4, 0.5) is 4.79 Å². The average molecular weight is 336 g/mol. The summed E-state index contributed by atoms with van der Waals surface area (Å²) in [5.41, 5.74) is 0.856. The van der Waals surface area contributed by atoms with Crippen LogP contribution in [-0.2, 0) is 25.7 Å². The van der Waals surface area contributed by atoms with Crippen LogP contribution in [0.15, 0.2) is 30.3 Å². The Morgan fingerprint density at radius 1 is 1.04 bits per heavy atom. The summed E-state index contributed by atoms with van der Waals surface area (Å²) in [6.07, 6.45) is -0.877. The molecule has 0 aliphatic heterocycles. The van der Waals surface area contributed by atoms with E-state index >= 15 is 0 Å². The lowest BCUT2D eigenvalue weighted by Crippen LogP contribution is -2.40. The van der Waals surface area contributed by atoms with E-state index < -0.39 is 17.9 Å². The zero-order chi connectivity index (χ0) is 17.9. The Hall–Kier alpha value is -2.57. The molecule has 0 saturated carbocycles. The number of alkyl carbamates (subject to hydrolysis) is 1. The van der Waals surface area contributed by atoms with E-state index in [1.54, 1.807) is 20.8 Å². The van der Waals surface area contributed by atoms with Crippen molar-refractivity contribution in [3.05, 3.63) is 35.9 Å². The van der Waals surface area contributed by atoms with Gasteiger partial charge in [-0.15, -0.1) is 0 Å². The first-order valence-corrected chi connectivity index (χ1v) is 7.80. The Morgan fingerprint density at radius 2 is 1.71 bits per heavy atom. The number of carbonyl (C=O) groups is 3. The molecule has 7 nitrogen and oxygen atoms in total. The van der Waals surface area contributed by atoms with Crippen LogP contribution in [0, 0.1) is 5.92 Å². The summed E-state index contributed by atoms with van der Waals surface area (Å²) in [6, 6.07) is 9.21. The quantitative estimate of drug-likeness (QED) is 0.704. The molecule has 2 amide bonds. The predicted molar refractivity (Wildman–Crippen MR) is 88.0 cm³/mol. The van der Waals surface area contributed by atoms with Crippen LogP contribution in [0.5, 0.6) is 0 Å². The van der Waals surface area contributed by atoms with Crippen LogP contribution in [0.25, 0.3) is 0 Å². The fourth-order valence-corrected chi connectivity index (χ4v) is 1.69. The van der Waals surface area contributed by atoms with Crippen LogP contribution in [-0.4, -0.2) is 37.2 Å². The number of benzene rings is 1. The summed E-state index contributed by atoms with van der Waals surface area (Å²) in [5, 5.41) is 4.90. The molecule has 0 radical (unpaired) electrons. The van der Waals surface area contributed by atoms with Gasteiger partial charge in [0.2, 0.25) is 5.91 Å². The fraction of sp³-hybridized carbons (Fsp3) is 0.471. The second-order valence-corrected chi connectivity index (χ2v) is 5.61. The van der Waals surface area contributed by atoms with Crippen molar-refractivity contribution in [2.45, 2.75) is 33.5 Å². The summed E-state index contributed by atoms with van der Waals surface area (Å²) < 4.78 is 10.0. The number of nitrogens with one attached hydrogen (secondary N) is 2. The minimum absolute atomic E-state index is 0.131. The summed E-state index contributed by atoms with van der Waals surface area (Å²) in [5.74, 6) is -1.24. The van der Waals surface area contributed by atoms with Crippen molar-refractivity contribution in [1.82, 2.24) is 10.6 Å². The van der Waals surface area contributed by atoms with Crippen LogP contribution in [0.2, 0.25) is 0 Å². The first kappa shape index (κ1) is 19.5. The highest BCUT2D eigenvalue weighted by Crippen LogP contribution is 2.01. The monoisotopic (exact) mass is 336 g/mol. The third kappa shape index (κ3) is 8.17. The van der Waals surface area contributed by atoms with Crippen LogP contribution >= 0.6 is 0 Å². The maximum atomic E-state index is 11.6. The Morgan fingerprint density at radius 3 is 2.33 bits per heavy atom. The van der Waals surface area contributed by atoms with Crippen molar-refractivity contribution in [3.63, 3.8) is 0 Å². The first-order chi connectivity index (χ1) is 11.4. The lowest BCUT2D eigenvalue weighted by atomic mass is 10.2. The van der Waals surface area contributed by atoms with Crippen molar-refractivity contribution in [3.8, 4) is 0 Å². The van der Waals surface area contributed by atoms with Crippen LogP contribution in [0.1, 0.15) is 26.3 Å². The van der Waals surface area contributed by atoms with Crippen molar-refractivity contribution in [2.75, 3.05) is 13.1 Å². The molecule has 1 unspecified atom stereocenters. The molecule has 132 valence electrons. The van der Waals surface area contributed by atoms with E-state index in [1.807, 2.05) is 30.3 Å².